The molecule has 1 aromatic carbocycles. The molecule has 2 aliphatic rings. The van der Waals surface area contributed by atoms with Crippen LogP contribution in [0.2, 0.25) is 0 Å². The third kappa shape index (κ3) is 4.01. The number of hydrogen-bond donors (Lipinski definition) is 2. The number of amides is 1. The number of hydrogen-bond acceptors (Lipinski definition) is 6. The van der Waals surface area contributed by atoms with Gasteiger partial charge >= 0.3 is 5.69 Å². The number of para-hydroxylation sites is 1. The summed E-state index contributed by atoms with van der Waals surface area (Å²) in [7, 11) is 0. The Kier molecular flexibility index (Phi) is 5.35. The first-order valence-electron chi connectivity index (χ1n) is 10.8. The topological polar surface area (TPSA) is 93.8 Å². The van der Waals surface area contributed by atoms with Crippen LogP contribution >= 0.6 is 11.3 Å². The van der Waals surface area contributed by atoms with Crippen molar-refractivity contribution in [2.24, 2.45) is 0 Å². The third-order valence-electron chi connectivity index (χ3n) is 6.05. The first kappa shape index (κ1) is 20.0. The standard InChI is InChI=1S/C22H26N6O2S/c1-14-24-17(13-31-14)12-28-22(30)27-11-9-16(7-8-19(27)26-28)25-21(29)18-6-2-4-15-5-3-10-23-20(15)18/h2,4,6,13,16,23H,3,5,7-12H2,1H3,(H,25,29). The summed E-state index contributed by atoms with van der Waals surface area (Å²) in [6, 6.07) is 5.94. The second-order valence-electron chi connectivity index (χ2n) is 8.23. The van der Waals surface area contributed by atoms with Gasteiger partial charge < -0.3 is 10.6 Å². The Balaban J connectivity index is 1.27. The number of carbonyl (C=O) groups is 1. The van der Waals surface area contributed by atoms with E-state index in [1.54, 1.807) is 15.9 Å². The molecule has 2 N–H and O–H groups in total. The summed E-state index contributed by atoms with van der Waals surface area (Å²) in [6.45, 7) is 3.81. The quantitative estimate of drug-likeness (QED) is 0.652. The van der Waals surface area contributed by atoms with Crippen molar-refractivity contribution in [2.45, 2.75) is 58.2 Å². The van der Waals surface area contributed by atoms with Crippen molar-refractivity contribution in [3.05, 3.63) is 61.7 Å². The highest BCUT2D eigenvalue weighted by molar-refractivity contribution is 7.09. The van der Waals surface area contributed by atoms with Gasteiger partial charge in [0, 0.05) is 30.9 Å². The molecule has 31 heavy (non-hydrogen) atoms. The minimum Gasteiger partial charge on any atom is -0.384 e. The molecule has 2 aliphatic heterocycles. The van der Waals surface area contributed by atoms with Gasteiger partial charge in [-0.15, -0.1) is 11.3 Å². The molecule has 2 aromatic heterocycles. The zero-order valence-electron chi connectivity index (χ0n) is 17.6. The fraction of sp³-hybridized carbons (Fsp3) is 0.455. The molecule has 1 amide bonds. The van der Waals surface area contributed by atoms with Crippen LogP contribution in [0.3, 0.4) is 0 Å². The van der Waals surface area contributed by atoms with E-state index in [2.05, 4.69) is 26.8 Å². The van der Waals surface area contributed by atoms with E-state index in [1.165, 1.54) is 10.2 Å². The Morgan fingerprint density at radius 2 is 2.23 bits per heavy atom. The zero-order valence-corrected chi connectivity index (χ0v) is 18.4. The fourth-order valence-electron chi connectivity index (χ4n) is 4.47. The van der Waals surface area contributed by atoms with E-state index in [1.807, 2.05) is 24.4 Å². The second-order valence-corrected chi connectivity index (χ2v) is 9.30. The smallest absolute Gasteiger partial charge is 0.346 e. The monoisotopic (exact) mass is 438 g/mol. The number of anilines is 1. The number of fused-ring (bicyclic) bond motifs is 2. The van der Waals surface area contributed by atoms with E-state index in [-0.39, 0.29) is 17.6 Å². The van der Waals surface area contributed by atoms with Crippen molar-refractivity contribution in [1.82, 2.24) is 24.6 Å². The van der Waals surface area contributed by atoms with Crippen LogP contribution in [0.5, 0.6) is 0 Å². The van der Waals surface area contributed by atoms with Gasteiger partial charge in [-0.2, -0.15) is 5.10 Å². The Morgan fingerprint density at radius 3 is 3.06 bits per heavy atom. The van der Waals surface area contributed by atoms with Crippen molar-refractivity contribution >= 4 is 22.9 Å². The van der Waals surface area contributed by atoms with Crippen molar-refractivity contribution in [1.29, 1.82) is 0 Å². The van der Waals surface area contributed by atoms with Crippen molar-refractivity contribution in [3.8, 4) is 0 Å². The van der Waals surface area contributed by atoms with E-state index in [9.17, 15) is 9.59 Å². The molecule has 162 valence electrons. The molecule has 0 spiro atoms. The van der Waals surface area contributed by atoms with Crippen LogP contribution in [-0.2, 0) is 25.9 Å². The van der Waals surface area contributed by atoms with E-state index in [4.69, 9.17) is 0 Å². The summed E-state index contributed by atoms with van der Waals surface area (Å²) in [6.07, 6.45) is 4.23. The van der Waals surface area contributed by atoms with Crippen LogP contribution < -0.4 is 16.3 Å². The van der Waals surface area contributed by atoms with E-state index in [0.29, 0.717) is 31.5 Å². The average Bonchev–Trinajstić information content (AvgIpc) is 3.24. The predicted octanol–water partition coefficient (Wildman–Crippen LogP) is 2.35. The third-order valence-corrected chi connectivity index (χ3v) is 6.87. The number of thiazole rings is 1. The molecule has 5 rings (SSSR count). The Morgan fingerprint density at radius 1 is 1.32 bits per heavy atom. The lowest BCUT2D eigenvalue weighted by atomic mass is 9.98. The molecule has 0 saturated heterocycles. The summed E-state index contributed by atoms with van der Waals surface area (Å²) in [5, 5.41) is 14.1. The van der Waals surface area contributed by atoms with Gasteiger partial charge in [-0.05, 0) is 44.2 Å². The molecule has 0 radical (unpaired) electrons. The van der Waals surface area contributed by atoms with Gasteiger partial charge in [0.2, 0.25) is 0 Å². The highest BCUT2D eigenvalue weighted by Gasteiger charge is 2.24. The Bertz CT molecular complexity index is 1180. The second kappa shape index (κ2) is 8.30. The maximum atomic E-state index is 13.0. The van der Waals surface area contributed by atoms with Crippen LogP contribution in [0.1, 0.15) is 51.7 Å². The lowest BCUT2D eigenvalue weighted by Gasteiger charge is -2.22. The predicted molar refractivity (Wildman–Crippen MR) is 120 cm³/mol. The number of rotatable bonds is 4. The highest BCUT2D eigenvalue weighted by atomic mass is 32.1. The van der Waals surface area contributed by atoms with Crippen LogP contribution in [0.4, 0.5) is 5.69 Å². The fourth-order valence-corrected chi connectivity index (χ4v) is 5.08. The lowest BCUT2D eigenvalue weighted by Crippen LogP contribution is -2.36. The minimum absolute atomic E-state index is 0.0164. The number of aryl methyl sites for hydroxylation is 3. The molecule has 0 aliphatic carbocycles. The first-order chi connectivity index (χ1) is 15.1. The largest absolute Gasteiger partial charge is 0.384 e. The molecule has 1 atom stereocenters. The van der Waals surface area contributed by atoms with Gasteiger partial charge in [0.25, 0.3) is 5.91 Å². The SMILES string of the molecule is Cc1nc(Cn2nc3n(c2=O)CCC(NC(=O)c2cccc4c2NCCC4)CC3)cs1. The molecule has 9 heteroatoms. The molecule has 1 unspecified atom stereocenters. The number of nitrogens with zero attached hydrogens (tertiary/aromatic N) is 4. The van der Waals surface area contributed by atoms with Crippen LogP contribution in [0, 0.1) is 6.92 Å². The molecule has 0 saturated carbocycles. The number of carbonyl (C=O) groups excluding carboxylic acids is 1. The van der Waals surface area contributed by atoms with Gasteiger partial charge in [-0.1, -0.05) is 12.1 Å². The van der Waals surface area contributed by atoms with Gasteiger partial charge in [0.15, 0.2) is 0 Å². The zero-order chi connectivity index (χ0) is 21.4. The Labute approximate surface area is 184 Å². The van der Waals surface area contributed by atoms with E-state index < -0.39 is 0 Å². The lowest BCUT2D eigenvalue weighted by molar-refractivity contribution is 0.0933. The summed E-state index contributed by atoms with van der Waals surface area (Å²) in [5.74, 6) is 0.736. The summed E-state index contributed by atoms with van der Waals surface area (Å²) < 4.78 is 3.25. The Hall–Kier alpha value is -2.94. The normalized spacial score (nSPS) is 17.9. The van der Waals surface area contributed by atoms with Gasteiger partial charge in [0.05, 0.1) is 28.5 Å². The maximum Gasteiger partial charge on any atom is 0.346 e. The van der Waals surface area contributed by atoms with Gasteiger partial charge in [-0.25, -0.2) is 14.5 Å². The van der Waals surface area contributed by atoms with Crippen LogP contribution in [0.15, 0.2) is 28.4 Å². The molecule has 0 bridgehead atoms. The van der Waals surface area contributed by atoms with Crippen molar-refractivity contribution < 1.29 is 4.79 Å². The van der Waals surface area contributed by atoms with Gasteiger partial charge in [-0.3, -0.25) is 9.36 Å². The van der Waals surface area contributed by atoms with Crippen molar-refractivity contribution in [3.63, 3.8) is 0 Å². The molecule has 0 fully saturated rings. The molecule has 4 heterocycles. The molecular weight excluding hydrogens is 412 g/mol. The highest BCUT2D eigenvalue weighted by Crippen LogP contribution is 2.26. The summed E-state index contributed by atoms with van der Waals surface area (Å²) >= 11 is 1.57. The van der Waals surface area contributed by atoms with E-state index >= 15 is 0 Å². The first-order valence-corrected chi connectivity index (χ1v) is 11.7. The molecule has 8 nitrogen and oxygen atoms in total. The number of benzene rings is 1. The van der Waals surface area contributed by atoms with E-state index in [0.717, 1.165) is 48.0 Å². The molecule has 3 aromatic rings. The van der Waals surface area contributed by atoms with Crippen molar-refractivity contribution in [2.75, 3.05) is 11.9 Å². The molecular formula is C22H26N6O2S. The van der Waals surface area contributed by atoms with Crippen LogP contribution in [0.25, 0.3) is 0 Å². The summed E-state index contributed by atoms with van der Waals surface area (Å²) in [4.78, 5) is 30.3. The number of aromatic nitrogens is 4. The van der Waals surface area contributed by atoms with Gasteiger partial charge in [0.1, 0.15) is 5.82 Å². The maximum absolute atomic E-state index is 13.0. The minimum atomic E-state index is -0.103. The number of nitrogens with one attached hydrogen (secondary N) is 2. The van der Waals surface area contributed by atoms with Crippen LogP contribution in [-0.4, -0.2) is 37.8 Å². The average molecular weight is 439 g/mol. The summed E-state index contributed by atoms with van der Waals surface area (Å²) in [5.41, 5.74) is 3.64.